The normalized spacial score (nSPS) is 15.4. The molecule has 1 aromatic heterocycles. The Balaban J connectivity index is 1.55. The van der Waals surface area contributed by atoms with Crippen LogP contribution in [0.1, 0.15) is 35.9 Å². The molecule has 6 nitrogen and oxygen atoms in total. The van der Waals surface area contributed by atoms with Gasteiger partial charge in [0.05, 0.1) is 12.7 Å². The lowest BCUT2D eigenvalue weighted by Gasteiger charge is -2.35. The number of halogens is 1. The molecule has 1 amide bonds. The molecule has 0 aliphatic carbocycles. The monoisotopic (exact) mass is 390 g/mol. The number of piperazine rings is 1. The number of amides is 1. The summed E-state index contributed by atoms with van der Waals surface area (Å²) < 4.78 is 7.54. The fourth-order valence-corrected chi connectivity index (χ4v) is 3.62. The molecule has 2 aromatic rings. The van der Waals surface area contributed by atoms with E-state index < -0.39 is 0 Å². The van der Waals surface area contributed by atoms with Crippen molar-refractivity contribution in [3.05, 3.63) is 47.0 Å². The van der Waals surface area contributed by atoms with Crippen LogP contribution >= 0.6 is 11.6 Å². The molecule has 0 atom stereocenters. The molecule has 0 saturated carbocycles. The van der Waals surface area contributed by atoms with Crippen molar-refractivity contribution < 1.29 is 9.53 Å². The number of carbonyl (C=O) groups is 1. The molecule has 3 rings (SSSR count). The number of nitrogens with zero attached hydrogens (tertiary/aromatic N) is 4. The maximum absolute atomic E-state index is 12.9. The van der Waals surface area contributed by atoms with Gasteiger partial charge in [0, 0.05) is 62.6 Å². The summed E-state index contributed by atoms with van der Waals surface area (Å²) in [4.78, 5) is 21.6. The Kier molecular flexibility index (Phi) is 6.39. The van der Waals surface area contributed by atoms with Gasteiger partial charge in [-0.3, -0.25) is 9.69 Å². The molecule has 0 radical (unpaired) electrons. The topological polar surface area (TPSA) is 50.6 Å². The van der Waals surface area contributed by atoms with E-state index in [9.17, 15) is 4.79 Å². The molecular weight excluding hydrogens is 364 g/mol. The quantitative estimate of drug-likeness (QED) is 0.760. The maximum Gasteiger partial charge on any atom is 0.257 e. The molecule has 1 aliphatic heterocycles. The van der Waals surface area contributed by atoms with Crippen LogP contribution in [0.25, 0.3) is 0 Å². The molecule has 1 aliphatic rings. The Morgan fingerprint density at radius 1 is 1.22 bits per heavy atom. The van der Waals surface area contributed by atoms with Crippen molar-refractivity contribution in [2.24, 2.45) is 0 Å². The van der Waals surface area contributed by atoms with Gasteiger partial charge in [0.15, 0.2) is 0 Å². The molecule has 0 bridgehead atoms. The molecule has 27 heavy (non-hydrogen) atoms. The van der Waals surface area contributed by atoms with E-state index in [1.807, 2.05) is 17.3 Å². The Hall–Kier alpha value is -2.05. The van der Waals surface area contributed by atoms with E-state index in [1.54, 1.807) is 25.3 Å². The van der Waals surface area contributed by atoms with Crippen molar-refractivity contribution in [1.29, 1.82) is 0 Å². The molecule has 0 spiro atoms. The second-order valence-electron chi connectivity index (χ2n) is 7.11. The molecular formula is C20H27ClN4O2. The van der Waals surface area contributed by atoms with Gasteiger partial charge >= 0.3 is 0 Å². The average Bonchev–Trinajstić information content (AvgIpc) is 3.15. The van der Waals surface area contributed by atoms with Crippen LogP contribution in [-0.2, 0) is 6.54 Å². The molecule has 7 heteroatoms. The van der Waals surface area contributed by atoms with E-state index in [1.165, 1.54) is 0 Å². The van der Waals surface area contributed by atoms with Gasteiger partial charge in [0.1, 0.15) is 11.6 Å². The van der Waals surface area contributed by atoms with Crippen molar-refractivity contribution in [1.82, 2.24) is 19.4 Å². The zero-order chi connectivity index (χ0) is 19.4. The third-order valence-electron chi connectivity index (χ3n) is 4.97. The summed E-state index contributed by atoms with van der Waals surface area (Å²) in [7, 11) is 1.57. The number of aromatic nitrogens is 2. The zero-order valence-electron chi connectivity index (χ0n) is 16.2. The first-order chi connectivity index (χ1) is 13.0. The predicted molar refractivity (Wildman–Crippen MR) is 107 cm³/mol. The van der Waals surface area contributed by atoms with Gasteiger partial charge in [-0.05, 0) is 18.2 Å². The van der Waals surface area contributed by atoms with Crippen molar-refractivity contribution in [2.75, 3.05) is 39.8 Å². The minimum Gasteiger partial charge on any atom is -0.496 e. The SMILES string of the molecule is COc1ccc(Cl)cc1C(=O)N1CCN(CCn2ccnc2C(C)C)CC1. The van der Waals surface area contributed by atoms with E-state index in [4.69, 9.17) is 16.3 Å². The van der Waals surface area contributed by atoms with Crippen LogP contribution in [-0.4, -0.2) is 65.1 Å². The van der Waals surface area contributed by atoms with Crippen molar-refractivity contribution in [3.8, 4) is 5.75 Å². The Labute approximate surface area is 165 Å². The number of carbonyl (C=O) groups excluding carboxylic acids is 1. The lowest BCUT2D eigenvalue weighted by Crippen LogP contribution is -2.49. The van der Waals surface area contributed by atoms with E-state index in [0.717, 1.165) is 32.0 Å². The summed E-state index contributed by atoms with van der Waals surface area (Å²) >= 11 is 6.06. The third-order valence-corrected chi connectivity index (χ3v) is 5.21. The van der Waals surface area contributed by atoms with E-state index in [0.29, 0.717) is 35.3 Å². The van der Waals surface area contributed by atoms with Crippen LogP contribution in [0, 0.1) is 0 Å². The molecule has 2 heterocycles. The number of rotatable bonds is 6. The molecule has 1 aromatic carbocycles. The lowest BCUT2D eigenvalue weighted by molar-refractivity contribution is 0.0629. The van der Waals surface area contributed by atoms with Crippen LogP contribution in [0.2, 0.25) is 5.02 Å². The average molecular weight is 391 g/mol. The summed E-state index contributed by atoms with van der Waals surface area (Å²) in [6, 6.07) is 5.15. The number of hydrogen-bond acceptors (Lipinski definition) is 4. The summed E-state index contributed by atoms with van der Waals surface area (Å²) in [6.07, 6.45) is 3.91. The number of ether oxygens (including phenoxy) is 1. The van der Waals surface area contributed by atoms with Crippen LogP contribution in [0.15, 0.2) is 30.6 Å². The summed E-state index contributed by atoms with van der Waals surface area (Å²) in [5, 5.41) is 0.541. The first-order valence-electron chi connectivity index (χ1n) is 9.35. The van der Waals surface area contributed by atoms with E-state index >= 15 is 0 Å². The molecule has 146 valence electrons. The smallest absolute Gasteiger partial charge is 0.257 e. The van der Waals surface area contributed by atoms with Gasteiger partial charge in [-0.1, -0.05) is 25.4 Å². The molecule has 0 unspecified atom stereocenters. The molecule has 0 N–H and O–H groups in total. The van der Waals surface area contributed by atoms with Gasteiger partial charge in [-0.15, -0.1) is 0 Å². The van der Waals surface area contributed by atoms with Gasteiger partial charge in [0.25, 0.3) is 5.91 Å². The Bertz CT molecular complexity index is 782. The zero-order valence-corrected chi connectivity index (χ0v) is 16.9. The van der Waals surface area contributed by atoms with Crippen LogP contribution in [0.5, 0.6) is 5.75 Å². The Morgan fingerprint density at radius 2 is 1.96 bits per heavy atom. The highest BCUT2D eigenvalue weighted by atomic mass is 35.5. The highest BCUT2D eigenvalue weighted by molar-refractivity contribution is 6.31. The van der Waals surface area contributed by atoms with Crippen LogP contribution < -0.4 is 4.74 Å². The minimum atomic E-state index is -0.0225. The first kappa shape index (κ1) is 19.7. The Morgan fingerprint density at radius 3 is 2.63 bits per heavy atom. The number of imidazole rings is 1. The van der Waals surface area contributed by atoms with Gasteiger partial charge in [-0.2, -0.15) is 0 Å². The first-order valence-corrected chi connectivity index (χ1v) is 9.73. The highest BCUT2D eigenvalue weighted by Gasteiger charge is 2.24. The van der Waals surface area contributed by atoms with Gasteiger partial charge in [0.2, 0.25) is 0 Å². The van der Waals surface area contributed by atoms with Crippen molar-refractivity contribution in [2.45, 2.75) is 26.3 Å². The second kappa shape index (κ2) is 8.76. The predicted octanol–water partition coefficient (Wildman–Crippen LogP) is 3.13. The fourth-order valence-electron chi connectivity index (χ4n) is 3.45. The number of hydrogen-bond donors (Lipinski definition) is 0. The van der Waals surface area contributed by atoms with Gasteiger partial charge < -0.3 is 14.2 Å². The third kappa shape index (κ3) is 4.62. The van der Waals surface area contributed by atoms with E-state index in [-0.39, 0.29) is 5.91 Å². The van der Waals surface area contributed by atoms with E-state index in [2.05, 4.69) is 28.3 Å². The lowest BCUT2D eigenvalue weighted by atomic mass is 10.1. The second-order valence-corrected chi connectivity index (χ2v) is 7.55. The number of methoxy groups -OCH3 is 1. The largest absolute Gasteiger partial charge is 0.496 e. The standard InChI is InChI=1S/C20H27ClN4O2/c1-15(2)19-22-6-7-24(19)11-8-23-9-12-25(13-10-23)20(26)17-14-16(21)4-5-18(17)27-3/h4-7,14-15H,8-13H2,1-3H3. The molecule has 1 saturated heterocycles. The number of benzene rings is 1. The minimum absolute atomic E-state index is 0.0225. The van der Waals surface area contributed by atoms with Crippen molar-refractivity contribution >= 4 is 17.5 Å². The summed E-state index contributed by atoms with van der Waals surface area (Å²) in [6.45, 7) is 9.33. The fraction of sp³-hybridized carbons (Fsp3) is 0.500. The summed E-state index contributed by atoms with van der Waals surface area (Å²) in [5.74, 6) is 2.08. The highest BCUT2D eigenvalue weighted by Crippen LogP contribution is 2.24. The summed E-state index contributed by atoms with van der Waals surface area (Å²) in [5.41, 5.74) is 0.526. The van der Waals surface area contributed by atoms with Crippen LogP contribution in [0.4, 0.5) is 0 Å². The maximum atomic E-state index is 12.9. The van der Waals surface area contributed by atoms with Gasteiger partial charge in [-0.25, -0.2) is 4.98 Å². The van der Waals surface area contributed by atoms with Crippen molar-refractivity contribution in [3.63, 3.8) is 0 Å². The van der Waals surface area contributed by atoms with Crippen LogP contribution in [0.3, 0.4) is 0 Å². The molecule has 1 fully saturated rings.